The summed E-state index contributed by atoms with van der Waals surface area (Å²) in [6, 6.07) is 0.244. The summed E-state index contributed by atoms with van der Waals surface area (Å²) in [7, 11) is 2.06. The van der Waals surface area contributed by atoms with Crippen LogP contribution in [0.2, 0.25) is 0 Å². The van der Waals surface area contributed by atoms with E-state index >= 15 is 0 Å². The normalized spacial score (nSPS) is 14.2. The van der Waals surface area contributed by atoms with E-state index < -0.39 is 0 Å². The van der Waals surface area contributed by atoms with Gasteiger partial charge in [0.2, 0.25) is 0 Å². The molecule has 12 heavy (non-hydrogen) atoms. The molecule has 0 aromatic rings. The summed E-state index contributed by atoms with van der Waals surface area (Å²) in [6.07, 6.45) is 0.327. The molecule has 0 aromatic carbocycles. The maximum absolute atomic E-state index is 5.64. The van der Waals surface area contributed by atoms with Gasteiger partial charge in [-0.05, 0) is 27.8 Å². The van der Waals surface area contributed by atoms with Gasteiger partial charge in [0.15, 0.2) is 0 Å². The zero-order valence-electron chi connectivity index (χ0n) is 8.71. The maximum Gasteiger partial charge on any atom is 0.0596 e. The van der Waals surface area contributed by atoms with Gasteiger partial charge < -0.3 is 15.4 Å². The molecule has 0 amide bonds. The minimum absolute atomic E-state index is 0.244. The molecule has 74 valence electrons. The van der Waals surface area contributed by atoms with E-state index in [1.807, 2.05) is 20.8 Å². The molecule has 0 rings (SSSR count). The van der Waals surface area contributed by atoms with Gasteiger partial charge in [-0.3, -0.25) is 0 Å². The largest absolute Gasteiger partial charge is 0.377 e. The third-order valence-electron chi connectivity index (χ3n) is 1.52. The van der Waals surface area contributed by atoms with Gasteiger partial charge in [0.25, 0.3) is 0 Å². The molecule has 1 atom stereocenters. The Morgan fingerprint density at radius 2 is 1.92 bits per heavy atom. The Hall–Kier alpha value is -0.120. The van der Waals surface area contributed by atoms with Gasteiger partial charge in [-0.25, -0.2) is 0 Å². The fourth-order valence-corrected chi connectivity index (χ4v) is 1.03. The zero-order chi connectivity index (χ0) is 9.56. The number of hydrogen-bond donors (Lipinski definition) is 1. The van der Waals surface area contributed by atoms with Crippen molar-refractivity contribution in [1.82, 2.24) is 4.90 Å². The van der Waals surface area contributed by atoms with Gasteiger partial charge in [0.1, 0.15) is 0 Å². The third-order valence-corrected chi connectivity index (χ3v) is 1.52. The van der Waals surface area contributed by atoms with Gasteiger partial charge in [-0.15, -0.1) is 0 Å². The van der Waals surface area contributed by atoms with Crippen LogP contribution < -0.4 is 5.73 Å². The summed E-state index contributed by atoms with van der Waals surface area (Å²) in [4.78, 5) is 2.19. The first-order chi connectivity index (χ1) is 5.52. The highest BCUT2D eigenvalue weighted by Crippen LogP contribution is 1.90. The first kappa shape index (κ1) is 11.9. The van der Waals surface area contributed by atoms with Crippen LogP contribution in [-0.4, -0.2) is 43.8 Å². The quantitative estimate of drug-likeness (QED) is 0.644. The molecule has 0 saturated heterocycles. The van der Waals surface area contributed by atoms with Crippen molar-refractivity contribution in [2.45, 2.75) is 32.9 Å². The van der Waals surface area contributed by atoms with E-state index in [-0.39, 0.29) is 6.04 Å². The molecule has 2 N–H and O–H groups in total. The molecule has 3 heteroatoms. The van der Waals surface area contributed by atoms with Crippen molar-refractivity contribution in [2.24, 2.45) is 5.73 Å². The molecular formula is C9H22N2O. The lowest BCUT2D eigenvalue weighted by atomic mass is 10.3. The van der Waals surface area contributed by atoms with Crippen molar-refractivity contribution >= 4 is 0 Å². The molecule has 0 spiro atoms. The van der Waals surface area contributed by atoms with Crippen molar-refractivity contribution < 1.29 is 4.74 Å². The molecule has 0 heterocycles. The minimum Gasteiger partial charge on any atom is -0.377 e. The van der Waals surface area contributed by atoms with E-state index in [1.165, 1.54) is 0 Å². The molecule has 3 nitrogen and oxygen atoms in total. The predicted octanol–water partition coefficient (Wildman–Crippen LogP) is 0.690. The van der Waals surface area contributed by atoms with Gasteiger partial charge in [-0.2, -0.15) is 0 Å². The molecular weight excluding hydrogens is 152 g/mol. The third kappa shape index (κ3) is 7.98. The highest BCUT2D eigenvalue weighted by atomic mass is 16.5. The Morgan fingerprint density at radius 1 is 1.33 bits per heavy atom. The van der Waals surface area contributed by atoms with Crippen LogP contribution in [0, 0.1) is 0 Å². The molecule has 0 saturated carbocycles. The number of likely N-dealkylation sites (N-methyl/N-ethyl adjacent to an activating group) is 1. The lowest BCUT2D eigenvalue weighted by Gasteiger charge is -2.19. The zero-order valence-corrected chi connectivity index (χ0v) is 8.71. The molecule has 0 fully saturated rings. The Labute approximate surface area is 75.9 Å². The van der Waals surface area contributed by atoms with Crippen molar-refractivity contribution in [2.75, 3.05) is 26.7 Å². The Bertz CT molecular complexity index is 105. The maximum atomic E-state index is 5.64. The van der Waals surface area contributed by atoms with E-state index in [2.05, 4.69) is 11.9 Å². The van der Waals surface area contributed by atoms with Crippen LogP contribution >= 0.6 is 0 Å². The van der Waals surface area contributed by atoms with Crippen LogP contribution in [0.4, 0.5) is 0 Å². The number of ether oxygens (including phenoxy) is 1. The van der Waals surface area contributed by atoms with Crippen molar-refractivity contribution in [3.8, 4) is 0 Å². The number of nitrogens with zero attached hydrogens (tertiary/aromatic N) is 1. The molecule has 0 aliphatic rings. The van der Waals surface area contributed by atoms with Gasteiger partial charge in [0.05, 0.1) is 12.7 Å². The van der Waals surface area contributed by atoms with Crippen LogP contribution in [0.15, 0.2) is 0 Å². The summed E-state index contributed by atoms with van der Waals surface area (Å²) < 4.78 is 5.41. The first-order valence-corrected chi connectivity index (χ1v) is 4.58. The van der Waals surface area contributed by atoms with Crippen LogP contribution in [0.3, 0.4) is 0 Å². The first-order valence-electron chi connectivity index (χ1n) is 4.58. The van der Waals surface area contributed by atoms with Gasteiger partial charge in [0, 0.05) is 19.1 Å². The van der Waals surface area contributed by atoms with Gasteiger partial charge >= 0.3 is 0 Å². The highest BCUT2D eigenvalue weighted by molar-refractivity contribution is 4.59. The number of hydrogen-bond acceptors (Lipinski definition) is 3. The molecule has 0 aliphatic heterocycles. The summed E-state index contributed by atoms with van der Waals surface area (Å²) in [5.41, 5.74) is 5.64. The molecule has 0 unspecified atom stereocenters. The van der Waals surface area contributed by atoms with Crippen LogP contribution in [0.5, 0.6) is 0 Å². The van der Waals surface area contributed by atoms with Crippen molar-refractivity contribution in [3.05, 3.63) is 0 Å². The van der Waals surface area contributed by atoms with E-state index in [4.69, 9.17) is 10.5 Å². The monoisotopic (exact) mass is 174 g/mol. The second-order valence-corrected chi connectivity index (χ2v) is 3.66. The average molecular weight is 174 g/mol. The molecule has 0 radical (unpaired) electrons. The Balaban J connectivity index is 3.25. The summed E-state index contributed by atoms with van der Waals surface area (Å²) in [5, 5.41) is 0. The fraction of sp³-hybridized carbons (Fsp3) is 1.00. The lowest BCUT2D eigenvalue weighted by molar-refractivity contribution is 0.0632. The molecule has 0 aromatic heterocycles. The highest BCUT2D eigenvalue weighted by Gasteiger charge is 2.01. The van der Waals surface area contributed by atoms with Gasteiger partial charge in [-0.1, -0.05) is 0 Å². The standard InChI is InChI=1S/C9H22N2O/c1-8(2)12-6-5-11(4)7-9(3)10/h8-9H,5-7,10H2,1-4H3/t9-/m1/s1. The summed E-state index contributed by atoms with van der Waals surface area (Å²) in [5.74, 6) is 0. The number of nitrogens with two attached hydrogens (primary N) is 1. The fourth-order valence-electron chi connectivity index (χ4n) is 1.03. The predicted molar refractivity (Wildman–Crippen MR) is 52.2 cm³/mol. The minimum atomic E-state index is 0.244. The lowest BCUT2D eigenvalue weighted by Crippen LogP contribution is -2.35. The van der Waals surface area contributed by atoms with E-state index in [1.54, 1.807) is 0 Å². The topological polar surface area (TPSA) is 38.5 Å². The van der Waals surface area contributed by atoms with Crippen LogP contribution in [0.1, 0.15) is 20.8 Å². The van der Waals surface area contributed by atoms with E-state index in [9.17, 15) is 0 Å². The second kappa shape index (κ2) is 6.40. The summed E-state index contributed by atoms with van der Waals surface area (Å²) >= 11 is 0. The van der Waals surface area contributed by atoms with E-state index in [0.717, 1.165) is 19.7 Å². The van der Waals surface area contributed by atoms with Crippen molar-refractivity contribution in [1.29, 1.82) is 0 Å². The van der Waals surface area contributed by atoms with Crippen LogP contribution in [-0.2, 0) is 4.74 Å². The smallest absolute Gasteiger partial charge is 0.0596 e. The Morgan fingerprint density at radius 3 is 2.33 bits per heavy atom. The number of rotatable bonds is 6. The second-order valence-electron chi connectivity index (χ2n) is 3.66. The molecule has 0 bridgehead atoms. The SMILES string of the molecule is CC(C)OCCN(C)C[C@@H](C)N. The average Bonchev–Trinajstić information content (AvgIpc) is 1.84. The molecule has 0 aliphatic carbocycles. The Kier molecular flexibility index (Phi) is 6.34. The summed E-state index contributed by atoms with van der Waals surface area (Å²) in [6.45, 7) is 8.79. The van der Waals surface area contributed by atoms with E-state index in [0.29, 0.717) is 6.10 Å². The van der Waals surface area contributed by atoms with Crippen molar-refractivity contribution in [3.63, 3.8) is 0 Å². The van der Waals surface area contributed by atoms with Crippen LogP contribution in [0.25, 0.3) is 0 Å².